The molecule has 0 radical (unpaired) electrons. The molecule has 4 N–H and O–H groups in total. The Balaban J connectivity index is 0.000000181. The van der Waals surface area contributed by atoms with E-state index in [1.165, 1.54) is 5.01 Å². The van der Waals surface area contributed by atoms with Crippen molar-refractivity contribution >= 4 is 18.1 Å². The van der Waals surface area contributed by atoms with Crippen LogP contribution in [-0.2, 0) is 0 Å². The number of hydrazone groups is 1. The third-order valence-corrected chi connectivity index (χ3v) is 3.60. The van der Waals surface area contributed by atoms with Crippen molar-refractivity contribution in [3.63, 3.8) is 0 Å². The fourth-order valence-electron chi connectivity index (χ4n) is 2.42. The lowest BCUT2D eigenvalue weighted by Crippen LogP contribution is -2.05. The van der Waals surface area contributed by atoms with Crippen molar-refractivity contribution in [1.82, 2.24) is 14.4 Å². The van der Waals surface area contributed by atoms with Crippen LogP contribution in [-0.4, -0.2) is 28.2 Å². The molecule has 132 valence electrons. The van der Waals surface area contributed by atoms with E-state index in [2.05, 4.69) is 16.8 Å². The van der Waals surface area contributed by atoms with Crippen LogP contribution < -0.4 is 11.5 Å². The Bertz CT molecular complexity index is 875. The van der Waals surface area contributed by atoms with E-state index in [0.717, 1.165) is 28.2 Å². The lowest BCUT2D eigenvalue weighted by atomic mass is 10.1. The Kier molecular flexibility index (Phi) is 5.59. The zero-order chi connectivity index (χ0) is 18.6. The number of aryl methyl sites for hydroxylation is 2. The maximum atomic E-state index is 13.0. The summed E-state index contributed by atoms with van der Waals surface area (Å²) in [5.74, 6) is -0.300. The van der Waals surface area contributed by atoms with Gasteiger partial charge < -0.3 is 15.9 Å². The maximum absolute atomic E-state index is 13.0. The normalized spacial score (nSPS) is 15.3. The molecule has 25 heavy (non-hydrogen) atoms. The number of aromatic nitrogens is 2. The summed E-state index contributed by atoms with van der Waals surface area (Å²) in [5, 5.41) is 5.15. The second-order valence-corrected chi connectivity index (χ2v) is 5.86. The highest BCUT2D eigenvalue weighted by Crippen LogP contribution is 2.21. The number of pyridine rings is 1. The number of nitrogen functional groups attached to an aromatic ring is 1. The van der Waals surface area contributed by atoms with E-state index >= 15 is 0 Å². The van der Waals surface area contributed by atoms with Crippen molar-refractivity contribution in [3.8, 4) is 0 Å². The first-order valence-corrected chi connectivity index (χ1v) is 7.74. The summed E-state index contributed by atoms with van der Waals surface area (Å²) in [5.41, 5.74) is 15.9. The number of rotatable bonds is 2. The molecular weight excluding hydrogens is 319 g/mol. The van der Waals surface area contributed by atoms with Crippen molar-refractivity contribution < 1.29 is 4.39 Å². The largest absolute Gasteiger partial charge is 0.398 e. The first kappa shape index (κ1) is 18.3. The van der Waals surface area contributed by atoms with E-state index in [1.54, 1.807) is 25.4 Å². The van der Waals surface area contributed by atoms with Crippen LogP contribution in [0.2, 0.25) is 0 Å². The highest BCUT2D eigenvalue weighted by molar-refractivity contribution is 5.54. The average Bonchev–Trinajstić information content (AvgIpc) is 2.92. The molecule has 1 aliphatic carbocycles. The Morgan fingerprint density at radius 2 is 2.04 bits per heavy atom. The van der Waals surface area contributed by atoms with Crippen molar-refractivity contribution in [2.75, 3.05) is 12.8 Å². The molecule has 0 saturated carbocycles. The van der Waals surface area contributed by atoms with Gasteiger partial charge in [0, 0.05) is 44.5 Å². The van der Waals surface area contributed by atoms with Gasteiger partial charge in [0.2, 0.25) is 0 Å². The van der Waals surface area contributed by atoms with Gasteiger partial charge in [0.1, 0.15) is 11.5 Å². The molecule has 0 aromatic carbocycles. The highest BCUT2D eigenvalue weighted by atomic mass is 19.1. The summed E-state index contributed by atoms with van der Waals surface area (Å²) >= 11 is 0. The molecule has 2 aromatic rings. The van der Waals surface area contributed by atoms with Gasteiger partial charge in [-0.3, -0.25) is 5.01 Å². The number of fused-ring (bicyclic) bond motifs is 1. The first-order valence-electron chi connectivity index (χ1n) is 7.74. The number of imidazole rings is 1. The van der Waals surface area contributed by atoms with Gasteiger partial charge in [0.15, 0.2) is 0 Å². The molecule has 0 atom stereocenters. The highest BCUT2D eigenvalue weighted by Gasteiger charge is 2.08. The third kappa shape index (κ3) is 4.69. The summed E-state index contributed by atoms with van der Waals surface area (Å²) in [7, 11) is 1.73. The molecule has 0 saturated heterocycles. The summed E-state index contributed by atoms with van der Waals surface area (Å²) in [6.45, 7) is 7.32. The van der Waals surface area contributed by atoms with Gasteiger partial charge in [0.05, 0.1) is 11.4 Å². The minimum Gasteiger partial charge on any atom is -0.398 e. The molecule has 0 bridgehead atoms. The number of halogens is 1. The van der Waals surface area contributed by atoms with Gasteiger partial charge in [-0.15, -0.1) is 0 Å². The predicted octanol–water partition coefficient (Wildman–Crippen LogP) is 3.05. The van der Waals surface area contributed by atoms with Crippen molar-refractivity contribution in [2.45, 2.75) is 20.3 Å². The van der Waals surface area contributed by atoms with E-state index in [1.807, 2.05) is 36.7 Å². The minimum absolute atomic E-state index is 0.200. The Hall–Kier alpha value is -3.09. The standard InChI is InChI=1S/C9H12FN3.C9H11N3/c1-12-13(2)6-7-3-4-9(11)8(10)5-7;1-6-3-8(10)5-12-4-7(2)11-9(6)12/h3-4,6H,1,5,11H2,2H3;3-5H,10H2,1-2H3/b7-6-;. The van der Waals surface area contributed by atoms with E-state index in [4.69, 9.17) is 11.5 Å². The van der Waals surface area contributed by atoms with Crippen LogP contribution in [0.25, 0.3) is 5.65 Å². The number of anilines is 1. The lowest BCUT2D eigenvalue weighted by Gasteiger charge is -2.11. The first-order chi connectivity index (χ1) is 11.8. The fraction of sp³-hybridized carbons (Fsp3) is 0.222. The van der Waals surface area contributed by atoms with E-state index in [-0.39, 0.29) is 17.9 Å². The van der Waals surface area contributed by atoms with Gasteiger partial charge in [0.25, 0.3) is 0 Å². The van der Waals surface area contributed by atoms with Crippen LogP contribution in [0, 0.1) is 13.8 Å². The zero-order valence-corrected chi connectivity index (χ0v) is 14.7. The topological polar surface area (TPSA) is 84.9 Å². The molecule has 0 unspecified atom stereocenters. The maximum Gasteiger partial charge on any atom is 0.140 e. The van der Waals surface area contributed by atoms with Crippen LogP contribution in [0.15, 0.2) is 59.0 Å². The molecule has 0 fully saturated rings. The molecule has 0 amide bonds. The lowest BCUT2D eigenvalue weighted by molar-refractivity contribution is 0.488. The molecule has 2 heterocycles. The van der Waals surface area contributed by atoms with Gasteiger partial charge in [-0.25, -0.2) is 9.37 Å². The van der Waals surface area contributed by atoms with Crippen LogP contribution in [0.5, 0.6) is 0 Å². The summed E-state index contributed by atoms with van der Waals surface area (Å²) < 4.78 is 14.9. The monoisotopic (exact) mass is 342 g/mol. The summed E-state index contributed by atoms with van der Waals surface area (Å²) in [6, 6.07) is 1.93. The molecule has 6 nitrogen and oxygen atoms in total. The Morgan fingerprint density at radius 3 is 2.68 bits per heavy atom. The molecule has 2 aromatic heterocycles. The predicted molar refractivity (Wildman–Crippen MR) is 101 cm³/mol. The van der Waals surface area contributed by atoms with Crippen molar-refractivity contribution in [1.29, 1.82) is 0 Å². The smallest absolute Gasteiger partial charge is 0.140 e. The number of allylic oxidation sites excluding steroid dienone is 4. The second-order valence-electron chi connectivity index (χ2n) is 5.86. The van der Waals surface area contributed by atoms with Gasteiger partial charge in [-0.1, -0.05) is 6.08 Å². The van der Waals surface area contributed by atoms with Crippen LogP contribution in [0.4, 0.5) is 10.1 Å². The third-order valence-electron chi connectivity index (χ3n) is 3.60. The Morgan fingerprint density at radius 1 is 1.32 bits per heavy atom. The van der Waals surface area contributed by atoms with E-state index in [9.17, 15) is 4.39 Å². The van der Waals surface area contributed by atoms with Crippen molar-refractivity contribution in [3.05, 3.63) is 65.2 Å². The van der Waals surface area contributed by atoms with Gasteiger partial charge in [-0.05, 0) is 37.1 Å². The van der Waals surface area contributed by atoms with E-state index < -0.39 is 0 Å². The quantitative estimate of drug-likeness (QED) is 0.649. The molecular formula is C18H23FN6. The number of nitrogens with zero attached hydrogens (tertiary/aromatic N) is 4. The SMILES string of the molecule is C=NN(C)/C=C1/C=CC(N)=C(F)C1.Cc1cn2cc(N)cc(C)c2n1. The van der Waals surface area contributed by atoms with Crippen molar-refractivity contribution in [2.24, 2.45) is 10.8 Å². The summed E-state index contributed by atoms with van der Waals surface area (Å²) in [6.07, 6.45) is 9.08. The number of hydrogen-bond donors (Lipinski definition) is 2. The molecule has 3 rings (SSSR count). The fourth-order valence-corrected chi connectivity index (χ4v) is 2.42. The van der Waals surface area contributed by atoms with Gasteiger partial charge in [-0.2, -0.15) is 5.10 Å². The van der Waals surface area contributed by atoms with Crippen LogP contribution >= 0.6 is 0 Å². The van der Waals surface area contributed by atoms with E-state index in [0.29, 0.717) is 0 Å². The minimum atomic E-state index is -0.300. The second kappa shape index (κ2) is 7.65. The number of hydrogen-bond acceptors (Lipinski definition) is 5. The molecule has 0 aliphatic heterocycles. The average molecular weight is 342 g/mol. The van der Waals surface area contributed by atoms with Crippen LogP contribution in [0.1, 0.15) is 17.7 Å². The van der Waals surface area contributed by atoms with Gasteiger partial charge >= 0.3 is 0 Å². The molecule has 0 spiro atoms. The zero-order valence-electron chi connectivity index (χ0n) is 14.7. The number of nitrogens with two attached hydrogens (primary N) is 2. The van der Waals surface area contributed by atoms with Crippen LogP contribution in [0.3, 0.4) is 0 Å². The Labute approximate surface area is 146 Å². The summed E-state index contributed by atoms with van der Waals surface area (Å²) in [4.78, 5) is 4.36. The molecule has 1 aliphatic rings. The molecule has 7 heteroatoms.